The third-order valence-electron chi connectivity index (χ3n) is 2.84. The minimum atomic E-state index is -3.32. The van der Waals surface area contributed by atoms with Gasteiger partial charge in [0.1, 0.15) is 5.25 Å². The molecule has 17 heavy (non-hydrogen) atoms. The first kappa shape index (κ1) is 13.9. The van der Waals surface area contributed by atoms with Gasteiger partial charge in [0.2, 0.25) is 0 Å². The van der Waals surface area contributed by atoms with E-state index in [4.69, 9.17) is 0 Å². The molecule has 0 aliphatic rings. The Bertz CT molecular complexity index is 486. The molecule has 0 saturated carbocycles. The number of Topliss-reactive ketones (excluding diaryl/α,β-unsaturated/α-hetero) is 1. The van der Waals surface area contributed by atoms with Gasteiger partial charge in [-0.1, -0.05) is 43.7 Å². The topological polar surface area (TPSA) is 51.2 Å². The zero-order chi connectivity index (χ0) is 13.1. The van der Waals surface area contributed by atoms with Crippen LogP contribution in [0.25, 0.3) is 0 Å². The standard InChI is InChI=1S/C13H18O3S/c1-4-12(17(15,16)5-2)13(14)11-8-6-10(3)7-9-11/h6-9,12H,4-5H2,1-3H3/t12-/m0/s1. The Hall–Kier alpha value is -1.16. The van der Waals surface area contributed by atoms with Crippen molar-refractivity contribution in [3.8, 4) is 0 Å². The van der Waals surface area contributed by atoms with Crippen molar-refractivity contribution in [1.82, 2.24) is 0 Å². The van der Waals surface area contributed by atoms with Gasteiger partial charge in [-0.25, -0.2) is 8.42 Å². The van der Waals surface area contributed by atoms with E-state index in [1.54, 1.807) is 26.0 Å². The molecule has 1 aromatic carbocycles. The maximum Gasteiger partial charge on any atom is 0.180 e. The van der Waals surface area contributed by atoms with Crippen LogP contribution in [0.3, 0.4) is 0 Å². The fraction of sp³-hybridized carbons (Fsp3) is 0.462. The second kappa shape index (κ2) is 5.45. The Morgan fingerprint density at radius 1 is 1.18 bits per heavy atom. The molecular formula is C13H18O3S. The molecule has 0 spiro atoms. The number of hydrogen-bond acceptors (Lipinski definition) is 3. The molecule has 0 aromatic heterocycles. The van der Waals surface area contributed by atoms with E-state index >= 15 is 0 Å². The zero-order valence-corrected chi connectivity index (χ0v) is 11.3. The van der Waals surface area contributed by atoms with Crippen molar-refractivity contribution in [3.63, 3.8) is 0 Å². The molecule has 0 aliphatic carbocycles. The number of carbonyl (C=O) groups excluding carboxylic acids is 1. The summed E-state index contributed by atoms with van der Waals surface area (Å²) in [6.45, 7) is 5.22. The minimum Gasteiger partial charge on any atom is -0.293 e. The molecule has 1 aromatic rings. The number of ketones is 1. The van der Waals surface area contributed by atoms with Gasteiger partial charge in [-0.05, 0) is 13.3 Å². The van der Waals surface area contributed by atoms with E-state index in [1.807, 2.05) is 19.1 Å². The number of sulfone groups is 1. The average Bonchev–Trinajstić information content (AvgIpc) is 2.30. The molecule has 4 heteroatoms. The summed E-state index contributed by atoms with van der Waals surface area (Å²) in [6, 6.07) is 7.01. The number of rotatable bonds is 5. The van der Waals surface area contributed by atoms with Gasteiger partial charge in [0.25, 0.3) is 0 Å². The lowest BCUT2D eigenvalue weighted by Crippen LogP contribution is -2.31. The molecule has 0 saturated heterocycles. The lowest BCUT2D eigenvalue weighted by Gasteiger charge is -2.13. The van der Waals surface area contributed by atoms with Crippen LogP contribution >= 0.6 is 0 Å². The van der Waals surface area contributed by atoms with Crippen LogP contribution in [-0.4, -0.2) is 25.2 Å². The van der Waals surface area contributed by atoms with Gasteiger partial charge in [0.05, 0.1) is 0 Å². The van der Waals surface area contributed by atoms with Crippen molar-refractivity contribution >= 4 is 15.6 Å². The van der Waals surface area contributed by atoms with Crippen LogP contribution in [-0.2, 0) is 9.84 Å². The second-order valence-electron chi connectivity index (χ2n) is 4.08. The summed E-state index contributed by atoms with van der Waals surface area (Å²) in [5.74, 6) is -0.294. The maximum atomic E-state index is 12.1. The quantitative estimate of drug-likeness (QED) is 0.758. The predicted octanol–water partition coefficient (Wildman–Crippen LogP) is 2.39. The molecule has 0 aliphatic heterocycles. The lowest BCUT2D eigenvalue weighted by molar-refractivity contribution is 0.0985. The smallest absolute Gasteiger partial charge is 0.180 e. The Morgan fingerprint density at radius 2 is 1.71 bits per heavy atom. The Morgan fingerprint density at radius 3 is 2.12 bits per heavy atom. The molecule has 3 nitrogen and oxygen atoms in total. The molecule has 0 radical (unpaired) electrons. The highest BCUT2D eigenvalue weighted by Crippen LogP contribution is 2.15. The first-order valence-electron chi connectivity index (χ1n) is 5.74. The third kappa shape index (κ3) is 3.16. The van der Waals surface area contributed by atoms with Gasteiger partial charge in [0.15, 0.2) is 15.6 Å². The van der Waals surface area contributed by atoms with Gasteiger partial charge in [-0.3, -0.25) is 4.79 Å². The molecular weight excluding hydrogens is 236 g/mol. The van der Waals surface area contributed by atoms with Gasteiger partial charge in [0, 0.05) is 11.3 Å². The van der Waals surface area contributed by atoms with Crippen molar-refractivity contribution in [2.75, 3.05) is 5.75 Å². The number of carbonyl (C=O) groups is 1. The Kier molecular flexibility index (Phi) is 4.46. The summed E-state index contributed by atoms with van der Waals surface area (Å²) in [5.41, 5.74) is 1.52. The van der Waals surface area contributed by atoms with Gasteiger partial charge < -0.3 is 0 Å². The normalized spacial score (nSPS) is 13.4. The van der Waals surface area contributed by atoms with E-state index in [9.17, 15) is 13.2 Å². The summed E-state index contributed by atoms with van der Waals surface area (Å²) in [7, 11) is -3.32. The molecule has 0 N–H and O–H groups in total. The molecule has 0 fully saturated rings. The van der Waals surface area contributed by atoms with E-state index in [0.717, 1.165) is 5.56 Å². The summed E-state index contributed by atoms with van der Waals surface area (Å²) >= 11 is 0. The van der Waals surface area contributed by atoms with Crippen molar-refractivity contribution < 1.29 is 13.2 Å². The first-order valence-corrected chi connectivity index (χ1v) is 7.46. The first-order chi connectivity index (χ1) is 7.92. The summed E-state index contributed by atoms with van der Waals surface area (Å²) in [5, 5.41) is -0.907. The zero-order valence-electron chi connectivity index (χ0n) is 10.4. The monoisotopic (exact) mass is 254 g/mol. The van der Waals surface area contributed by atoms with Gasteiger partial charge >= 0.3 is 0 Å². The Labute approximate surface area is 103 Å². The SMILES string of the molecule is CC[C@@H](C(=O)c1ccc(C)cc1)S(=O)(=O)CC. The molecule has 0 heterocycles. The van der Waals surface area contributed by atoms with Crippen molar-refractivity contribution in [1.29, 1.82) is 0 Å². The maximum absolute atomic E-state index is 12.1. The predicted molar refractivity (Wildman–Crippen MR) is 69.0 cm³/mol. The van der Waals surface area contributed by atoms with E-state index in [-0.39, 0.29) is 11.5 Å². The molecule has 1 rings (SSSR count). The van der Waals surface area contributed by atoms with Crippen LogP contribution in [0.2, 0.25) is 0 Å². The van der Waals surface area contributed by atoms with Crippen LogP contribution < -0.4 is 0 Å². The molecule has 94 valence electrons. The molecule has 1 atom stereocenters. The highest BCUT2D eigenvalue weighted by molar-refractivity contribution is 7.92. The fourth-order valence-corrected chi connectivity index (χ4v) is 3.08. The second-order valence-corrected chi connectivity index (χ2v) is 6.55. The van der Waals surface area contributed by atoms with Crippen LogP contribution in [0.15, 0.2) is 24.3 Å². The van der Waals surface area contributed by atoms with Gasteiger partial charge in [-0.2, -0.15) is 0 Å². The Balaban J connectivity index is 3.07. The molecule has 0 amide bonds. The number of hydrogen-bond donors (Lipinski definition) is 0. The van der Waals surface area contributed by atoms with E-state index in [0.29, 0.717) is 12.0 Å². The van der Waals surface area contributed by atoms with Crippen LogP contribution in [0, 0.1) is 6.92 Å². The van der Waals surface area contributed by atoms with Crippen molar-refractivity contribution in [3.05, 3.63) is 35.4 Å². The number of aryl methyl sites for hydroxylation is 1. The van der Waals surface area contributed by atoms with Crippen molar-refractivity contribution in [2.24, 2.45) is 0 Å². The highest BCUT2D eigenvalue weighted by atomic mass is 32.2. The highest BCUT2D eigenvalue weighted by Gasteiger charge is 2.29. The van der Waals surface area contributed by atoms with Gasteiger partial charge in [-0.15, -0.1) is 0 Å². The third-order valence-corrected chi connectivity index (χ3v) is 5.05. The van der Waals surface area contributed by atoms with Crippen LogP contribution in [0.1, 0.15) is 36.2 Å². The molecule has 0 unspecified atom stereocenters. The summed E-state index contributed by atoms with van der Waals surface area (Å²) < 4.78 is 23.6. The van der Waals surface area contributed by atoms with Crippen LogP contribution in [0.5, 0.6) is 0 Å². The summed E-state index contributed by atoms with van der Waals surface area (Å²) in [4.78, 5) is 12.1. The largest absolute Gasteiger partial charge is 0.293 e. The van der Waals surface area contributed by atoms with E-state index in [2.05, 4.69) is 0 Å². The average molecular weight is 254 g/mol. The van der Waals surface area contributed by atoms with Crippen molar-refractivity contribution in [2.45, 2.75) is 32.4 Å². The molecule has 0 bridgehead atoms. The fourth-order valence-electron chi connectivity index (χ4n) is 1.71. The minimum absolute atomic E-state index is 0.00308. The van der Waals surface area contributed by atoms with E-state index in [1.165, 1.54) is 0 Å². The number of benzene rings is 1. The van der Waals surface area contributed by atoms with E-state index < -0.39 is 15.1 Å². The lowest BCUT2D eigenvalue weighted by atomic mass is 10.1. The van der Waals surface area contributed by atoms with Crippen LogP contribution in [0.4, 0.5) is 0 Å². The summed E-state index contributed by atoms with van der Waals surface area (Å²) in [6.07, 6.45) is 0.322.